The summed E-state index contributed by atoms with van der Waals surface area (Å²) in [6.45, 7) is 4.07. The van der Waals surface area contributed by atoms with Crippen LogP contribution < -0.4 is 20.4 Å². The lowest BCUT2D eigenvalue weighted by Gasteiger charge is -2.47. The summed E-state index contributed by atoms with van der Waals surface area (Å²) in [4.78, 5) is 16.9. The molecule has 1 saturated carbocycles. The van der Waals surface area contributed by atoms with Crippen molar-refractivity contribution < 1.29 is 14.0 Å². The van der Waals surface area contributed by atoms with Crippen LogP contribution in [0.2, 0.25) is 5.02 Å². The molecule has 0 bridgehead atoms. The molecule has 0 unspecified atom stereocenters. The summed E-state index contributed by atoms with van der Waals surface area (Å²) in [5, 5.41) is 1.64. The zero-order valence-electron chi connectivity index (χ0n) is 23.5. The van der Waals surface area contributed by atoms with E-state index in [1.54, 1.807) is 36.2 Å². The molecule has 2 fully saturated rings. The number of fused-ring (bicyclic) bond motifs is 1. The van der Waals surface area contributed by atoms with Crippen molar-refractivity contribution in [3.8, 4) is 17.2 Å². The molecule has 0 atom stereocenters. The number of aromatic amines is 1. The number of halogens is 2. The predicted molar refractivity (Wildman–Crippen MR) is 165 cm³/mol. The molecule has 3 aliphatic rings. The Bertz CT molecular complexity index is 1620. The molecule has 3 N–H and O–H groups in total. The van der Waals surface area contributed by atoms with Gasteiger partial charge in [-0.3, -0.25) is 4.90 Å². The molecule has 2 aliphatic carbocycles. The number of pyridine rings is 1. The number of ether oxygens (including phenoxy) is 1. The van der Waals surface area contributed by atoms with Crippen molar-refractivity contribution in [3.63, 3.8) is 0 Å². The molecule has 2 aromatic carbocycles. The van der Waals surface area contributed by atoms with Gasteiger partial charge in [0.2, 0.25) is 5.75 Å². The molecule has 7 nitrogen and oxygen atoms in total. The van der Waals surface area contributed by atoms with Gasteiger partial charge >= 0.3 is 0 Å². The molecule has 3 heterocycles. The van der Waals surface area contributed by atoms with Crippen molar-refractivity contribution in [2.45, 2.75) is 38.5 Å². The van der Waals surface area contributed by atoms with E-state index < -0.39 is 5.82 Å². The minimum atomic E-state index is -0.494. The van der Waals surface area contributed by atoms with Crippen molar-refractivity contribution in [1.82, 2.24) is 14.9 Å². The van der Waals surface area contributed by atoms with Gasteiger partial charge in [0.1, 0.15) is 11.4 Å². The molecule has 1 aliphatic heterocycles. The third kappa shape index (κ3) is 5.23. The summed E-state index contributed by atoms with van der Waals surface area (Å²) >= 11 is 6.22. The molecule has 0 radical (unpaired) electrons. The highest BCUT2D eigenvalue weighted by Gasteiger charge is 2.41. The second-order valence-corrected chi connectivity index (χ2v) is 12.4. The molecule has 7 rings (SSSR count). The molecule has 218 valence electrons. The molecule has 1 saturated heterocycles. The first-order chi connectivity index (χ1) is 20.5. The zero-order chi connectivity index (χ0) is 28.7. The van der Waals surface area contributed by atoms with E-state index in [2.05, 4.69) is 31.9 Å². The molecule has 42 heavy (non-hydrogen) atoms. The third-order valence-electron chi connectivity index (χ3n) is 9.43. The van der Waals surface area contributed by atoms with Crippen LogP contribution >= 0.6 is 11.6 Å². The highest BCUT2D eigenvalue weighted by Crippen LogP contribution is 2.55. The Balaban J connectivity index is 1.07. The normalized spacial score (nSPS) is 18.9. The van der Waals surface area contributed by atoms with Gasteiger partial charge in [-0.1, -0.05) is 35.7 Å². The summed E-state index contributed by atoms with van der Waals surface area (Å²) in [5.74, 6) is 5.47. The van der Waals surface area contributed by atoms with Crippen LogP contribution in [0.25, 0.3) is 16.6 Å². The van der Waals surface area contributed by atoms with Crippen LogP contribution in [0.5, 0.6) is 17.2 Å². The van der Waals surface area contributed by atoms with Crippen LogP contribution in [0.1, 0.15) is 44.1 Å². The standard InChI is InChI=1S/C33H35ClFN5O2/c34-25-4-2-22(3-5-25)27-19-33(10-1-11-33)12-8-24(27)21-39-14-16-40(17-15-39)28-6-7-29(42-36)31(30(28)35)41-26-18-23-9-13-37-32(23)38-20-26/h2-7,9,13,18,20H,1,8,10-12,14-17,19,21,36H2,(H,37,38). The first-order valence-corrected chi connectivity index (χ1v) is 15.1. The number of nitrogens with one attached hydrogen (secondary N) is 1. The Morgan fingerprint density at radius 1 is 1.02 bits per heavy atom. The Labute approximate surface area is 250 Å². The summed E-state index contributed by atoms with van der Waals surface area (Å²) in [7, 11) is 0. The van der Waals surface area contributed by atoms with Crippen LogP contribution in [0.3, 0.4) is 0 Å². The highest BCUT2D eigenvalue weighted by atomic mass is 35.5. The quantitative estimate of drug-likeness (QED) is 0.220. The Morgan fingerprint density at radius 3 is 2.57 bits per heavy atom. The monoisotopic (exact) mass is 587 g/mol. The van der Waals surface area contributed by atoms with E-state index in [-0.39, 0.29) is 11.5 Å². The lowest BCUT2D eigenvalue weighted by atomic mass is 9.59. The van der Waals surface area contributed by atoms with Crippen LogP contribution in [-0.4, -0.2) is 47.6 Å². The van der Waals surface area contributed by atoms with Gasteiger partial charge in [-0.2, -0.15) is 5.90 Å². The van der Waals surface area contributed by atoms with Crippen LogP contribution in [-0.2, 0) is 0 Å². The smallest absolute Gasteiger partial charge is 0.209 e. The maximum absolute atomic E-state index is 15.9. The van der Waals surface area contributed by atoms with Gasteiger partial charge in [0.15, 0.2) is 11.6 Å². The topological polar surface area (TPSA) is 79.6 Å². The molecule has 2 aromatic heterocycles. The zero-order valence-corrected chi connectivity index (χ0v) is 24.3. The van der Waals surface area contributed by atoms with E-state index in [0.717, 1.165) is 42.1 Å². The molecule has 4 aromatic rings. The molecule has 9 heteroatoms. The molecule has 1 spiro atoms. The highest BCUT2D eigenvalue weighted by molar-refractivity contribution is 6.30. The first-order valence-electron chi connectivity index (χ1n) is 14.7. The Hall–Kier alpha value is -3.59. The van der Waals surface area contributed by atoms with E-state index in [9.17, 15) is 0 Å². The maximum atomic E-state index is 15.9. The fourth-order valence-electron chi connectivity index (χ4n) is 6.86. The number of anilines is 1. The number of piperazine rings is 1. The van der Waals surface area contributed by atoms with Gasteiger partial charge in [0.05, 0.1) is 11.9 Å². The average molecular weight is 588 g/mol. The maximum Gasteiger partial charge on any atom is 0.209 e. The largest absolute Gasteiger partial charge is 0.449 e. The number of hydrogen-bond acceptors (Lipinski definition) is 6. The number of rotatable bonds is 7. The van der Waals surface area contributed by atoms with Crippen molar-refractivity contribution >= 4 is 33.9 Å². The fourth-order valence-corrected chi connectivity index (χ4v) is 6.99. The van der Waals surface area contributed by atoms with E-state index in [1.807, 2.05) is 18.2 Å². The lowest BCUT2D eigenvalue weighted by molar-refractivity contribution is 0.118. The minimum absolute atomic E-state index is 0.0426. The average Bonchev–Trinajstić information content (AvgIpc) is 3.47. The number of nitrogens with two attached hydrogens (primary N) is 1. The van der Waals surface area contributed by atoms with Gasteiger partial charge in [-0.25, -0.2) is 9.37 Å². The Morgan fingerprint density at radius 2 is 1.83 bits per heavy atom. The van der Waals surface area contributed by atoms with Gasteiger partial charge in [-0.05, 0) is 85.1 Å². The molecular formula is C33H35ClFN5O2. The van der Waals surface area contributed by atoms with Crippen molar-refractivity contribution in [2.24, 2.45) is 11.3 Å². The molecule has 0 amide bonds. The number of hydrogen-bond donors (Lipinski definition) is 2. The third-order valence-corrected chi connectivity index (χ3v) is 9.68. The second kappa shape index (κ2) is 11.2. The van der Waals surface area contributed by atoms with Crippen molar-refractivity contribution in [2.75, 3.05) is 37.6 Å². The SMILES string of the molecule is NOc1ccc(N2CCN(CC3=C(c4ccc(Cl)cc4)CC4(CCC4)CC3)CC2)c(F)c1Oc1cnc2[nH]ccc2c1. The number of nitrogens with zero attached hydrogens (tertiary/aromatic N) is 3. The predicted octanol–water partition coefficient (Wildman–Crippen LogP) is 7.33. The van der Waals surface area contributed by atoms with E-state index in [1.165, 1.54) is 43.2 Å². The van der Waals surface area contributed by atoms with Gasteiger partial charge < -0.3 is 19.5 Å². The summed E-state index contributed by atoms with van der Waals surface area (Å²) < 4.78 is 21.9. The van der Waals surface area contributed by atoms with Crippen molar-refractivity contribution in [3.05, 3.63) is 82.9 Å². The number of allylic oxidation sites excluding steroid dienone is 1. The van der Waals surface area contributed by atoms with Crippen LogP contribution in [0.15, 0.2) is 66.5 Å². The van der Waals surface area contributed by atoms with Gasteiger partial charge in [-0.15, -0.1) is 0 Å². The minimum Gasteiger partial charge on any atom is -0.449 e. The van der Waals surface area contributed by atoms with E-state index in [4.69, 9.17) is 27.1 Å². The Kier molecular flexibility index (Phi) is 7.30. The lowest BCUT2D eigenvalue weighted by Crippen LogP contribution is -2.47. The number of aromatic nitrogens is 2. The summed E-state index contributed by atoms with van der Waals surface area (Å²) in [5.41, 5.74) is 6.07. The molecular weight excluding hydrogens is 553 g/mol. The fraction of sp³-hybridized carbons (Fsp3) is 0.364. The number of H-pyrrole nitrogens is 1. The second-order valence-electron chi connectivity index (χ2n) is 11.9. The first kappa shape index (κ1) is 27.3. The van der Waals surface area contributed by atoms with Crippen LogP contribution in [0, 0.1) is 11.2 Å². The van der Waals surface area contributed by atoms with Gasteiger partial charge in [0.25, 0.3) is 0 Å². The summed E-state index contributed by atoms with van der Waals surface area (Å²) in [6, 6.07) is 15.4. The van der Waals surface area contributed by atoms with E-state index >= 15 is 4.39 Å². The summed E-state index contributed by atoms with van der Waals surface area (Å²) in [6.07, 6.45) is 11.0. The van der Waals surface area contributed by atoms with Crippen LogP contribution in [0.4, 0.5) is 10.1 Å². The van der Waals surface area contributed by atoms with Gasteiger partial charge in [0, 0.05) is 49.3 Å². The van der Waals surface area contributed by atoms with E-state index in [0.29, 0.717) is 29.9 Å². The van der Waals surface area contributed by atoms with Crippen molar-refractivity contribution in [1.29, 1.82) is 0 Å². The number of benzene rings is 2.